The first-order chi connectivity index (χ1) is 17.2. The normalized spacial score (nSPS) is 15.1. The molecule has 0 fully saturated rings. The fourth-order valence-corrected chi connectivity index (χ4v) is 5.22. The van der Waals surface area contributed by atoms with Gasteiger partial charge in [0.2, 0.25) is 0 Å². The van der Waals surface area contributed by atoms with Crippen molar-refractivity contribution in [2.24, 2.45) is 5.92 Å². The summed E-state index contributed by atoms with van der Waals surface area (Å²) in [6.07, 6.45) is 1.89. The van der Waals surface area contributed by atoms with Gasteiger partial charge in [0.25, 0.3) is 5.91 Å². The van der Waals surface area contributed by atoms with Crippen LogP contribution in [0.1, 0.15) is 36.7 Å². The molecule has 36 heavy (non-hydrogen) atoms. The van der Waals surface area contributed by atoms with Crippen LogP contribution in [0, 0.1) is 5.92 Å². The number of hydrogen-bond acceptors (Lipinski definition) is 7. The number of nitrogens with zero attached hydrogens (tertiary/aromatic N) is 3. The van der Waals surface area contributed by atoms with Crippen molar-refractivity contribution < 1.29 is 24.2 Å². The van der Waals surface area contributed by atoms with Crippen molar-refractivity contribution in [3.63, 3.8) is 0 Å². The van der Waals surface area contributed by atoms with Crippen molar-refractivity contribution in [3.05, 3.63) is 81.8 Å². The second-order valence-electron chi connectivity index (χ2n) is 8.87. The number of aromatic nitrogens is 2. The van der Waals surface area contributed by atoms with Gasteiger partial charge in [0.05, 0.1) is 18.7 Å². The van der Waals surface area contributed by atoms with Crippen molar-refractivity contribution >= 4 is 35.0 Å². The van der Waals surface area contributed by atoms with E-state index in [4.69, 9.17) is 21.1 Å². The van der Waals surface area contributed by atoms with E-state index in [1.807, 2.05) is 38.1 Å². The summed E-state index contributed by atoms with van der Waals surface area (Å²) in [4.78, 5) is 32.0. The topological polar surface area (TPSA) is 102 Å². The zero-order valence-electron chi connectivity index (χ0n) is 20.1. The zero-order chi connectivity index (χ0) is 25.9. The van der Waals surface area contributed by atoms with E-state index in [9.17, 15) is 14.7 Å². The molecule has 0 saturated heterocycles. The lowest BCUT2D eigenvalue weighted by Gasteiger charge is -2.37. The number of benzene rings is 2. The minimum Gasteiger partial charge on any atom is -0.497 e. The van der Waals surface area contributed by atoms with E-state index in [2.05, 4.69) is 9.36 Å². The number of carboxylic acids is 1. The highest BCUT2D eigenvalue weighted by molar-refractivity contribution is 7.05. The van der Waals surface area contributed by atoms with Crippen LogP contribution in [-0.2, 0) is 21.5 Å². The van der Waals surface area contributed by atoms with Gasteiger partial charge in [-0.05, 0) is 53.7 Å². The van der Waals surface area contributed by atoms with Crippen molar-refractivity contribution in [1.82, 2.24) is 14.3 Å². The van der Waals surface area contributed by atoms with Gasteiger partial charge >= 0.3 is 5.97 Å². The number of hydrogen-bond donors (Lipinski definition) is 1. The molecular weight excluding hydrogens is 502 g/mol. The molecule has 2 heterocycles. The summed E-state index contributed by atoms with van der Waals surface area (Å²) in [7, 11) is 1.60. The highest BCUT2D eigenvalue weighted by Gasteiger charge is 2.53. The van der Waals surface area contributed by atoms with Crippen molar-refractivity contribution in [2.45, 2.75) is 32.2 Å². The Morgan fingerprint density at radius 1 is 1.22 bits per heavy atom. The average molecular weight is 528 g/mol. The van der Waals surface area contributed by atoms with Gasteiger partial charge in [-0.1, -0.05) is 49.7 Å². The van der Waals surface area contributed by atoms with E-state index in [0.717, 1.165) is 22.8 Å². The fraction of sp³-hybridized carbons (Fsp3) is 0.308. The summed E-state index contributed by atoms with van der Waals surface area (Å²) in [6, 6.07) is 14.4. The molecule has 1 atom stereocenters. The van der Waals surface area contributed by atoms with Crippen LogP contribution in [0.3, 0.4) is 0 Å². The lowest BCUT2D eigenvalue weighted by molar-refractivity contribution is -0.159. The number of rotatable bonds is 10. The largest absolute Gasteiger partial charge is 0.497 e. The van der Waals surface area contributed by atoms with Crippen LogP contribution in [0.5, 0.6) is 11.5 Å². The average Bonchev–Trinajstić information content (AvgIpc) is 3.46. The molecule has 0 saturated carbocycles. The maximum atomic E-state index is 13.1. The molecule has 10 heteroatoms. The van der Waals surface area contributed by atoms with E-state index < -0.39 is 17.4 Å². The maximum absolute atomic E-state index is 13.1. The number of para-hydroxylation sites is 1. The summed E-state index contributed by atoms with van der Waals surface area (Å²) in [5.41, 5.74) is -0.734. The molecule has 1 amide bonds. The molecule has 0 unspecified atom stereocenters. The Morgan fingerprint density at radius 2 is 1.94 bits per heavy atom. The summed E-state index contributed by atoms with van der Waals surface area (Å²) in [5, 5.41) is 11.2. The minimum atomic E-state index is -1.69. The van der Waals surface area contributed by atoms with Gasteiger partial charge in [-0.25, -0.2) is 9.78 Å². The highest BCUT2D eigenvalue weighted by atomic mass is 35.5. The molecule has 0 radical (unpaired) electrons. The first kappa shape index (κ1) is 25.7. The first-order valence-corrected chi connectivity index (χ1v) is 12.5. The molecule has 1 N–H and O–H groups in total. The SMILES string of the molecule is COc1ccc(Cc2nsc([C@](CC(C)C)(C(=O)O)N3CC(Oc4ccccc4Cl)=CC3=O)n2)cc1. The first-order valence-electron chi connectivity index (χ1n) is 11.4. The standard InChI is InChI=1S/C26H26ClN3O5S/c1-16(2)14-26(25(32)33,24-28-22(29-36-24)12-17-8-10-18(34-3)11-9-17)30-15-19(13-23(30)31)35-21-7-5-4-6-20(21)27/h4-11,13,16H,12,14-15H2,1-3H3,(H,32,33)/t26-/m1/s1. The molecule has 8 nitrogen and oxygen atoms in total. The summed E-state index contributed by atoms with van der Waals surface area (Å²) < 4.78 is 15.5. The third-order valence-corrected chi connectivity index (χ3v) is 7.02. The van der Waals surface area contributed by atoms with Crippen molar-refractivity contribution in [2.75, 3.05) is 13.7 Å². The Hall–Kier alpha value is -3.43. The van der Waals surface area contributed by atoms with E-state index >= 15 is 0 Å². The molecule has 3 aromatic rings. The van der Waals surface area contributed by atoms with Gasteiger partial charge in [-0.3, -0.25) is 4.79 Å². The number of carbonyl (C=O) groups is 2. The van der Waals surface area contributed by atoms with Gasteiger partial charge in [-0.2, -0.15) is 4.37 Å². The molecule has 1 aliphatic rings. The van der Waals surface area contributed by atoms with Crippen LogP contribution >= 0.6 is 23.1 Å². The Balaban J connectivity index is 1.64. The molecule has 2 aromatic carbocycles. The van der Waals surface area contributed by atoms with Crippen LogP contribution < -0.4 is 9.47 Å². The Kier molecular flexibility index (Phi) is 7.61. The third kappa shape index (κ3) is 5.22. The Labute approximate surface area is 218 Å². The summed E-state index contributed by atoms with van der Waals surface area (Å²) >= 11 is 7.20. The summed E-state index contributed by atoms with van der Waals surface area (Å²) in [5.74, 6) is 0.254. The predicted octanol–water partition coefficient (Wildman–Crippen LogP) is 4.92. The minimum absolute atomic E-state index is 0.0313. The van der Waals surface area contributed by atoms with Crippen LogP contribution in [0.2, 0.25) is 5.02 Å². The fourth-order valence-electron chi connectivity index (χ4n) is 4.17. The predicted molar refractivity (Wildman–Crippen MR) is 136 cm³/mol. The molecule has 4 rings (SSSR count). The number of aliphatic carboxylic acids is 1. The number of carboxylic acid groups (broad SMARTS) is 1. The van der Waals surface area contributed by atoms with Gasteiger partial charge in [0, 0.05) is 12.5 Å². The monoisotopic (exact) mass is 527 g/mol. The van der Waals surface area contributed by atoms with Gasteiger partial charge in [0.15, 0.2) is 10.5 Å². The highest BCUT2D eigenvalue weighted by Crippen LogP contribution is 2.40. The Bertz CT molecular complexity index is 1290. The van der Waals surface area contributed by atoms with Gasteiger partial charge in [0.1, 0.15) is 23.1 Å². The van der Waals surface area contributed by atoms with Gasteiger partial charge < -0.3 is 19.5 Å². The number of ether oxygens (including phenoxy) is 2. The third-order valence-electron chi connectivity index (χ3n) is 5.80. The molecule has 0 bridgehead atoms. The van der Waals surface area contributed by atoms with Crippen molar-refractivity contribution in [3.8, 4) is 11.5 Å². The number of halogens is 1. The van der Waals surface area contributed by atoms with Crippen LogP contribution in [0.25, 0.3) is 0 Å². The molecule has 0 spiro atoms. The molecule has 1 aliphatic heterocycles. The maximum Gasteiger partial charge on any atom is 0.336 e. The summed E-state index contributed by atoms with van der Waals surface area (Å²) in [6.45, 7) is 3.79. The number of amides is 1. The molecule has 0 aliphatic carbocycles. The van der Waals surface area contributed by atoms with Gasteiger partial charge in [-0.15, -0.1) is 0 Å². The van der Waals surface area contributed by atoms with E-state index in [1.54, 1.807) is 31.4 Å². The molecular formula is C26H26ClN3O5S. The number of carbonyl (C=O) groups excluding carboxylic acids is 1. The van der Waals surface area contributed by atoms with E-state index in [1.165, 1.54) is 11.0 Å². The van der Waals surface area contributed by atoms with Crippen LogP contribution in [-0.4, -0.2) is 44.9 Å². The Morgan fingerprint density at radius 3 is 2.58 bits per heavy atom. The smallest absolute Gasteiger partial charge is 0.336 e. The molecule has 188 valence electrons. The lowest BCUT2D eigenvalue weighted by atomic mass is 9.87. The van der Waals surface area contributed by atoms with E-state index in [-0.39, 0.29) is 23.9 Å². The second-order valence-corrected chi connectivity index (χ2v) is 10.0. The zero-order valence-corrected chi connectivity index (χ0v) is 21.7. The lowest BCUT2D eigenvalue weighted by Crippen LogP contribution is -2.54. The van der Waals surface area contributed by atoms with E-state index in [0.29, 0.717) is 28.8 Å². The van der Waals surface area contributed by atoms with Crippen molar-refractivity contribution in [1.29, 1.82) is 0 Å². The second kappa shape index (κ2) is 10.7. The number of methoxy groups -OCH3 is 1. The van der Waals surface area contributed by atoms with Crippen LogP contribution in [0.4, 0.5) is 0 Å². The molecule has 1 aromatic heterocycles. The van der Waals surface area contributed by atoms with Crippen LogP contribution in [0.15, 0.2) is 60.4 Å². The quantitative estimate of drug-likeness (QED) is 0.399.